The lowest BCUT2D eigenvalue weighted by molar-refractivity contribution is -0.133. The Morgan fingerprint density at radius 3 is 2.71 bits per heavy atom. The zero-order valence-corrected chi connectivity index (χ0v) is 16.3. The molecule has 2 aromatic rings. The third-order valence-corrected chi connectivity index (χ3v) is 5.80. The average Bonchev–Trinajstić information content (AvgIpc) is 3.52. The molecular weight excluding hydrogens is 354 g/mol. The van der Waals surface area contributed by atoms with Gasteiger partial charge in [-0.3, -0.25) is 19.0 Å². The second-order valence-electron chi connectivity index (χ2n) is 8.09. The Hall–Kier alpha value is -2.63. The molecule has 6 heteroatoms. The summed E-state index contributed by atoms with van der Waals surface area (Å²) in [7, 11) is 0. The Balaban J connectivity index is 1.47. The molecule has 1 aliphatic heterocycles. The highest BCUT2D eigenvalue weighted by Gasteiger charge is 2.34. The molecular formula is C22H27N3O3. The number of hydrogen-bond donors (Lipinski definition) is 1. The maximum absolute atomic E-state index is 12.7. The fraction of sp³-hybridized carbons (Fsp3) is 0.500. The van der Waals surface area contributed by atoms with Crippen molar-refractivity contribution in [2.75, 3.05) is 13.1 Å². The maximum atomic E-state index is 12.7. The number of aryl methyl sites for hydroxylation is 1. The van der Waals surface area contributed by atoms with E-state index in [0.717, 1.165) is 55.1 Å². The van der Waals surface area contributed by atoms with Gasteiger partial charge in [0.25, 0.3) is 5.56 Å². The van der Waals surface area contributed by atoms with Gasteiger partial charge in [-0.1, -0.05) is 18.2 Å². The minimum atomic E-state index is -0.179. The molecule has 1 aromatic heterocycles. The zero-order valence-electron chi connectivity index (χ0n) is 16.3. The Labute approximate surface area is 164 Å². The minimum Gasteiger partial charge on any atom is -0.350 e. The first-order valence-corrected chi connectivity index (χ1v) is 10.2. The van der Waals surface area contributed by atoms with Gasteiger partial charge in [0.1, 0.15) is 6.54 Å². The van der Waals surface area contributed by atoms with Crippen LogP contribution in [0.5, 0.6) is 0 Å². The predicted molar refractivity (Wildman–Crippen MR) is 108 cm³/mol. The maximum Gasteiger partial charge on any atom is 0.251 e. The van der Waals surface area contributed by atoms with Crippen LogP contribution < -0.4 is 10.9 Å². The molecule has 1 N–H and O–H groups in total. The fourth-order valence-corrected chi connectivity index (χ4v) is 4.13. The zero-order chi connectivity index (χ0) is 19.7. The number of aromatic nitrogens is 1. The van der Waals surface area contributed by atoms with Gasteiger partial charge < -0.3 is 10.2 Å². The van der Waals surface area contributed by atoms with Crippen molar-refractivity contribution < 1.29 is 9.59 Å². The Kier molecular flexibility index (Phi) is 5.20. The Morgan fingerprint density at radius 2 is 1.93 bits per heavy atom. The number of amides is 2. The van der Waals surface area contributed by atoms with Crippen molar-refractivity contribution in [3.8, 4) is 0 Å². The van der Waals surface area contributed by atoms with Crippen LogP contribution in [0.4, 0.5) is 0 Å². The average molecular weight is 381 g/mol. The molecule has 1 saturated heterocycles. The van der Waals surface area contributed by atoms with E-state index in [4.69, 9.17) is 0 Å². The predicted octanol–water partition coefficient (Wildman–Crippen LogP) is 2.22. The highest BCUT2D eigenvalue weighted by molar-refractivity contribution is 5.85. The number of likely N-dealkylation sites (tertiary alicyclic amines) is 1. The summed E-state index contributed by atoms with van der Waals surface area (Å²) in [6.07, 6.45) is 4.83. The van der Waals surface area contributed by atoms with E-state index in [1.54, 1.807) is 6.07 Å². The molecule has 6 nitrogen and oxygen atoms in total. The van der Waals surface area contributed by atoms with E-state index in [2.05, 4.69) is 5.32 Å². The van der Waals surface area contributed by atoms with Crippen LogP contribution in [0.15, 0.2) is 35.1 Å². The molecule has 2 amide bonds. The van der Waals surface area contributed by atoms with E-state index in [1.807, 2.05) is 36.1 Å². The molecule has 0 radical (unpaired) electrons. The fourth-order valence-electron chi connectivity index (χ4n) is 4.13. The van der Waals surface area contributed by atoms with E-state index in [1.165, 1.54) is 4.57 Å². The lowest BCUT2D eigenvalue weighted by atomic mass is 10.1. The van der Waals surface area contributed by atoms with Crippen LogP contribution in [0.1, 0.15) is 37.7 Å². The molecule has 148 valence electrons. The third-order valence-electron chi connectivity index (χ3n) is 5.80. The number of nitrogens with one attached hydrogen (secondary N) is 1. The monoisotopic (exact) mass is 381 g/mol. The molecule has 0 bridgehead atoms. The summed E-state index contributed by atoms with van der Waals surface area (Å²) in [6, 6.07) is 9.18. The standard InChI is InChI=1S/C22H27N3O3/c1-15-12-21(27)25(19-8-3-2-7-18(15)19)14-20(26)23-17-6-4-5-11-24(13-17)22(28)16-9-10-16/h2-3,7-8,12,16-17H,4-6,9-11,13-14H2,1H3,(H,23,26). The van der Waals surface area contributed by atoms with Crippen molar-refractivity contribution in [2.24, 2.45) is 5.92 Å². The molecule has 1 unspecified atom stereocenters. The van der Waals surface area contributed by atoms with Crippen LogP contribution in [0.2, 0.25) is 0 Å². The van der Waals surface area contributed by atoms with Crippen molar-refractivity contribution >= 4 is 22.7 Å². The molecule has 1 atom stereocenters. The quantitative estimate of drug-likeness (QED) is 0.883. The lowest BCUT2D eigenvalue weighted by Crippen LogP contribution is -2.46. The molecule has 2 aliphatic rings. The third kappa shape index (κ3) is 3.96. The molecule has 2 fully saturated rings. The van der Waals surface area contributed by atoms with E-state index in [9.17, 15) is 14.4 Å². The molecule has 0 spiro atoms. The Morgan fingerprint density at radius 1 is 1.14 bits per heavy atom. The van der Waals surface area contributed by atoms with Crippen LogP contribution in [0.3, 0.4) is 0 Å². The number of pyridine rings is 1. The molecule has 4 rings (SSSR count). The summed E-state index contributed by atoms with van der Waals surface area (Å²) >= 11 is 0. The van der Waals surface area contributed by atoms with Gasteiger partial charge in [0.15, 0.2) is 0 Å². The molecule has 1 aliphatic carbocycles. The second kappa shape index (κ2) is 7.78. The number of para-hydroxylation sites is 1. The lowest BCUT2D eigenvalue weighted by Gasteiger charge is -2.25. The highest BCUT2D eigenvalue weighted by Crippen LogP contribution is 2.31. The molecule has 28 heavy (non-hydrogen) atoms. The topological polar surface area (TPSA) is 71.4 Å². The first kappa shape index (κ1) is 18.7. The van der Waals surface area contributed by atoms with Gasteiger partial charge in [0.05, 0.1) is 5.52 Å². The van der Waals surface area contributed by atoms with Crippen LogP contribution in [-0.2, 0) is 16.1 Å². The Bertz CT molecular complexity index is 961. The van der Waals surface area contributed by atoms with Gasteiger partial charge in [0, 0.05) is 36.5 Å². The van der Waals surface area contributed by atoms with Crippen molar-refractivity contribution in [1.82, 2.24) is 14.8 Å². The number of hydrogen-bond acceptors (Lipinski definition) is 3. The second-order valence-corrected chi connectivity index (χ2v) is 8.09. The summed E-state index contributed by atoms with van der Waals surface area (Å²) in [6.45, 7) is 3.26. The van der Waals surface area contributed by atoms with Crippen molar-refractivity contribution in [2.45, 2.75) is 51.6 Å². The summed E-state index contributed by atoms with van der Waals surface area (Å²) in [5, 5.41) is 4.04. The minimum absolute atomic E-state index is 0.00724. The van der Waals surface area contributed by atoms with E-state index in [-0.39, 0.29) is 35.9 Å². The van der Waals surface area contributed by atoms with Gasteiger partial charge >= 0.3 is 0 Å². The van der Waals surface area contributed by atoms with Gasteiger partial charge in [0.2, 0.25) is 11.8 Å². The first-order chi connectivity index (χ1) is 13.5. The summed E-state index contributed by atoms with van der Waals surface area (Å²) in [5.41, 5.74) is 1.52. The molecule has 1 saturated carbocycles. The first-order valence-electron chi connectivity index (χ1n) is 10.2. The number of benzene rings is 1. The van der Waals surface area contributed by atoms with Gasteiger partial charge in [-0.05, 0) is 50.7 Å². The van der Waals surface area contributed by atoms with E-state index < -0.39 is 0 Å². The summed E-state index contributed by atoms with van der Waals surface area (Å²) in [4.78, 5) is 39.6. The largest absolute Gasteiger partial charge is 0.350 e. The molecule has 2 heterocycles. The number of carbonyl (C=O) groups excluding carboxylic acids is 2. The smallest absolute Gasteiger partial charge is 0.251 e. The van der Waals surface area contributed by atoms with Crippen molar-refractivity contribution in [3.05, 3.63) is 46.2 Å². The van der Waals surface area contributed by atoms with E-state index >= 15 is 0 Å². The van der Waals surface area contributed by atoms with Crippen LogP contribution >= 0.6 is 0 Å². The summed E-state index contributed by atoms with van der Waals surface area (Å²) < 4.78 is 1.53. The normalized spacial score (nSPS) is 20.0. The van der Waals surface area contributed by atoms with Crippen molar-refractivity contribution in [1.29, 1.82) is 0 Å². The van der Waals surface area contributed by atoms with E-state index in [0.29, 0.717) is 6.54 Å². The summed E-state index contributed by atoms with van der Waals surface area (Å²) in [5.74, 6) is 0.260. The molecule has 1 aromatic carbocycles. The highest BCUT2D eigenvalue weighted by atomic mass is 16.2. The van der Waals surface area contributed by atoms with Gasteiger partial charge in [-0.25, -0.2) is 0 Å². The number of nitrogens with zero attached hydrogens (tertiary/aromatic N) is 2. The van der Waals surface area contributed by atoms with Crippen LogP contribution in [-0.4, -0.2) is 40.4 Å². The van der Waals surface area contributed by atoms with Crippen LogP contribution in [0.25, 0.3) is 10.9 Å². The number of carbonyl (C=O) groups is 2. The van der Waals surface area contributed by atoms with Crippen LogP contribution in [0, 0.1) is 12.8 Å². The van der Waals surface area contributed by atoms with Gasteiger partial charge in [-0.2, -0.15) is 0 Å². The number of rotatable bonds is 4. The number of fused-ring (bicyclic) bond motifs is 1. The van der Waals surface area contributed by atoms with Crippen molar-refractivity contribution in [3.63, 3.8) is 0 Å². The SMILES string of the molecule is Cc1cc(=O)n(CC(=O)NC2CCCCN(C(=O)C3CC3)C2)c2ccccc12. The van der Waals surface area contributed by atoms with Gasteiger partial charge in [-0.15, -0.1) is 0 Å².